The SMILES string of the molecule is Cc1ccc(C)c(NC(=O)C(C)(CC(C)C)C(C)C)c1. The standard InChI is InChI=1S/C18H29NO/c1-12(2)11-18(7,13(3)4)17(20)19-16-10-14(5)8-9-15(16)6/h8-10,12-13H,11H2,1-7H3,(H,19,20). The van der Waals surface area contributed by atoms with Crippen LogP contribution in [0.4, 0.5) is 5.69 Å². The molecule has 0 fully saturated rings. The Labute approximate surface area is 124 Å². The third kappa shape index (κ3) is 3.84. The molecule has 1 unspecified atom stereocenters. The summed E-state index contributed by atoms with van der Waals surface area (Å²) < 4.78 is 0. The molecule has 0 radical (unpaired) electrons. The van der Waals surface area contributed by atoms with Gasteiger partial charge < -0.3 is 5.32 Å². The second-order valence-electron chi connectivity index (χ2n) is 6.94. The molecule has 0 heterocycles. The van der Waals surface area contributed by atoms with Crippen molar-refractivity contribution in [1.29, 1.82) is 0 Å². The van der Waals surface area contributed by atoms with E-state index in [0.29, 0.717) is 11.8 Å². The van der Waals surface area contributed by atoms with Gasteiger partial charge in [-0.25, -0.2) is 0 Å². The lowest BCUT2D eigenvalue weighted by molar-refractivity contribution is -0.128. The number of carbonyl (C=O) groups excluding carboxylic acids is 1. The van der Waals surface area contributed by atoms with E-state index in [1.165, 1.54) is 5.56 Å². The fourth-order valence-corrected chi connectivity index (χ4v) is 2.57. The number of benzene rings is 1. The predicted octanol–water partition coefficient (Wildman–Crippen LogP) is 4.95. The van der Waals surface area contributed by atoms with Gasteiger partial charge in [-0.1, -0.05) is 46.8 Å². The highest BCUT2D eigenvalue weighted by molar-refractivity contribution is 5.96. The zero-order valence-corrected chi connectivity index (χ0v) is 14.0. The van der Waals surface area contributed by atoms with Gasteiger partial charge >= 0.3 is 0 Å². The molecule has 1 atom stereocenters. The number of rotatable bonds is 5. The Kier molecular flexibility index (Phi) is 5.38. The quantitative estimate of drug-likeness (QED) is 0.809. The molecular weight excluding hydrogens is 246 g/mol. The van der Waals surface area contributed by atoms with Crippen LogP contribution in [0.25, 0.3) is 0 Å². The first-order valence-electron chi connectivity index (χ1n) is 7.55. The van der Waals surface area contributed by atoms with Crippen molar-refractivity contribution in [3.05, 3.63) is 29.3 Å². The van der Waals surface area contributed by atoms with Gasteiger partial charge in [0.25, 0.3) is 0 Å². The van der Waals surface area contributed by atoms with E-state index in [1.54, 1.807) is 0 Å². The Morgan fingerprint density at radius 2 is 1.80 bits per heavy atom. The summed E-state index contributed by atoms with van der Waals surface area (Å²) >= 11 is 0. The summed E-state index contributed by atoms with van der Waals surface area (Å²) in [7, 11) is 0. The van der Waals surface area contributed by atoms with E-state index in [9.17, 15) is 4.79 Å². The fraction of sp³-hybridized carbons (Fsp3) is 0.611. The van der Waals surface area contributed by atoms with Gasteiger partial charge in [-0.05, 0) is 49.3 Å². The molecule has 1 rings (SSSR count). The molecule has 0 aliphatic heterocycles. The maximum absolute atomic E-state index is 12.8. The Balaban J connectivity index is 3.00. The molecule has 0 aliphatic rings. The first-order valence-corrected chi connectivity index (χ1v) is 7.55. The molecule has 0 spiro atoms. The second kappa shape index (κ2) is 6.43. The monoisotopic (exact) mass is 275 g/mol. The van der Waals surface area contributed by atoms with E-state index in [-0.39, 0.29) is 11.3 Å². The smallest absolute Gasteiger partial charge is 0.230 e. The largest absolute Gasteiger partial charge is 0.325 e. The summed E-state index contributed by atoms with van der Waals surface area (Å²) in [4.78, 5) is 12.8. The van der Waals surface area contributed by atoms with Gasteiger partial charge in [-0.15, -0.1) is 0 Å². The highest BCUT2D eigenvalue weighted by Crippen LogP contribution is 2.36. The van der Waals surface area contributed by atoms with Crippen molar-refractivity contribution in [2.24, 2.45) is 17.3 Å². The van der Waals surface area contributed by atoms with E-state index in [0.717, 1.165) is 17.7 Å². The molecule has 0 bridgehead atoms. The molecular formula is C18H29NO. The summed E-state index contributed by atoms with van der Waals surface area (Å²) in [5, 5.41) is 3.14. The van der Waals surface area contributed by atoms with Crippen LogP contribution < -0.4 is 5.32 Å². The predicted molar refractivity (Wildman–Crippen MR) is 86.9 cm³/mol. The van der Waals surface area contributed by atoms with Gasteiger partial charge in [0, 0.05) is 11.1 Å². The lowest BCUT2D eigenvalue weighted by atomic mass is 9.72. The zero-order valence-electron chi connectivity index (χ0n) is 14.0. The van der Waals surface area contributed by atoms with Crippen molar-refractivity contribution < 1.29 is 4.79 Å². The van der Waals surface area contributed by atoms with E-state index in [1.807, 2.05) is 19.9 Å². The van der Waals surface area contributed by atoms with E-state index < -0.39 is 0 Å². The average Bonchev–Trinajstić information content (AvgIpc) is 2.32. The Hall–Kier alpha value is -1.31. The third-order valence-corrected chi connectivity index (χ3v) is 4.27. The van der Waals surface area contributed by atoms with E-state index >= 15 is 0 Å². The van der Waals surface area contributed by atoms with Crippen LogP contribution in [0.5, 0.6) is 0 Å². The van der Waals surface area contributed by atoms with E-state index in [4.69, 9.17) is 0 Å². The summed E-state index contributed by atoms with van der Waals surface area (Å²) in [5.74, 6) is 0.955. The Bertz CT molecular complexity index is 476. The molecule has 0 aromatic heterocycles. The van der Waals surface area contributed by atoms with Crippen molar-refractivity contribution in [2.45, 2.75) is 54.9 Å². The fourth-order valence-electron chi connectivity index (χ4n) is 2.57. The molecule has 2 nitrogen and oxygen atoms in total. The summed E-state index contributed by atoms with van der Waals surface area (Å²) in [6, 6.07) is 6.17. The molecule has 1 aromatic rings. The van der Waals surface area contributed by atoms with Crippen LogP contribution in [0.1, 0.15) is 52.2 Å². The minimum atomic E-state index is -0.329. The van der Waals surface area contributed by atoms with Crippen molar-refractivity contribution in [2.75, 3.05) is 5.32 Å². The number of hydrogen-bond acceptors (Lipinski definition) is 1. The van der Waals surface area contributed by atoms with Crippen molar-refractivity contribution >= 4 is 11.6 Å². The summed E-state index contributed by atoms with van der Waals surface area (Å²) in [5.41, 5.74) is 2.89. The molecule has 1 amide bonds. The van der Waals surface area contributed by atoms with Crippen molar-refractivity contribution in [3.8, 4) is 0 Å². The molecule has 20 heavy (non-hydrogen) atoms. The Morgan fingerprint density at radius 1 is 1.20 bits per heavy atom. The van der Waals surface area contributed by atoms with Gasteiger partial charge in [0.1, 0.15) is 0 Å². The lowest BCUT2D eigenvalue weighted by Gasteiger charge is -2.34. The minimum Gasteiger partial charge on any atom is -0.325 e. The molecule has 1 aromatic carbocycles. The lowest BCUT2D eigenvalue weighted by Crippen LogP contribution is -2.39. The van der Waals surface area contributed by atoms with Crippen LogP contribution in [0.3, 0.4) is 0 Å². The normalized spacial score (nSPS) is 14.4. The van der Waals surface area contributed by atoms with Crippen molar-refractivity contribution in [1.82, 2.24) is 0 Å². The first kappa shape index (κ1) is 16.7. The Morgan fingerprint density at radius 3 is 2.30 bits per heavy atom. The maximum Gasteiger partial charge on any atom is 0.230 e. The number of anilines is 1. The number of aryl methyl sites for hydroxylation is 2. The summed E-state index contributed by atoms with van der Waals surface area (Å²) in [6.45, 7) is 14.8. The third-order valence-electron chi connectivity index (χ3n) is 4.27. The highest BCUT2D eigenvalue weighted by atomic mass is 16.2. The zero-order chi connectivity index (χ0) is 15.5. The van der Waals surface area contributed by atoms with Crippen LogP contribution in [-0.4, -0.2) is 5.91 Å². The van der Waals surface area contributed by atoms with Crippen LogP contribution in [0.2, 0.25) is 0 Å². The second-order valence-corrected chi connectivity index (χ2v) is 6.94. The molecule has 2 heteroatoms. The van der Waals surface area contributed by atoms with E-state index in [2.05, 4.69) is 52.1 Å². The van der Waals surface area contributed by atoms with Gasteiger partial charge in [-0.2, -0.15) is 0 Å². The molecule has 0 saturated carbocycles. The number of amides is 1. The topological polar surface area (TPSA) is 29.1 Å². The van der Waals surface area contributed by atoms with Crippen LogP contribution in [-0.2, 0) is 4.79 Å². The number of carbonyl (C=O) groups is 1. The maximum atomic E-state index is 12.8. The molecule has 0 aliphatic carbocycles. The van der Waals surface area contributed by atoms with Gasteiger partial charge in [0.2, 0.25) is 5.91 Å². The van der Waals surface area contributed by atoms with Crippen LogP contribution in [0.15, 0.2) is 18.2 Å². The minimum absolute atomic E-state index is 0.134. The van der Waals surface area contributed by atoms with Crippen LogP contribution >= 0.6 is 0 Å². The van der Waals surface area contributed by atoms with Gasteiger partial charge in [0.15, 0.2) is 0 Å². The first-order chi connectivity index (χ1) is 9.16. The van der Waals surface area contributed by atoms with Gasteiger partial charge in [-0.3, -0.25) is 4.79 Å². The number of nitrogens with one attached hydrogen (secondary N) is 1. The molecule has 1 N–H and O–H groups in total. The number of hydrogen-bond donors (Lipinski definition) is 1. The molecule has 112 valence electrons. The van der Waals surface area contributed by atoms with Crippen molar-refractivity contribution in [3.63, 3.8) is 0 Å². The average molecular weight is 275 g/mol. The highest BCUT2D eigenvalue weighted by Gasteiger charge is 2.37. The van der Waals surface area contributed by atoms with Crippen LogP contribution in [0, 0.1) is 31.1 Å². The summed E-state index contributed by atoms with van der Waals surface area (Å²) in [6.07, 6.45) is 0.904. The molecule has 0 saturated heterocycles. The van der Waals surface area contributed by atoms with Gasteiger partial charge in [0.05, 0.1) is 0 Å².